The van der Waals surface area contributed by atoms with Crippen LogP contribution >= 0.6 is 23.7 Å². The molecule has 1 aliphatic rings. The molecule has 0 fully saturated rings. The molecule has 0 aromatic carbocycles. The smallest absolute Gasteiger partial charge is 0.227 e. The van der Waals surface area contributed by atoms with Crippen LogP contribution in [0.1, 0.15) is 43.2 Å². The number of carbonyl (C=O) groups excluding carboxylic acids is 1. The van der Waals surface area contributed by atoms with Crippen molar-refractivity contribution in [2.75, 3.05) is 18.9 Å². The number of carbonyl (C=O) groups is 1. The summed E-state index contributed by atoms with van der Waals surface area (Å²) in [6.07, 6.45) is 6.53. The fourth-order valence-corrected chi connectivity index (χ4v) is 3.71. The summed E-state index contributed by atoms with van der Waals surface area (Å²) in [4.78, 5) is 17.6. The Morgan fingerprint density at radius 2 is 2.30 bits per heavy atom. The second kappa shape index (κ2) is 8.60. The van der Waals surface area contributed by atoms with E-state index in [1.54, 1.807) is 11.3 Å². The highest BCUT2D eigenvalue weighted by Gasteiger charge is 2.22. The predicted octanol–water partition coefficient (Wildman–Crippen LogP) is 3.02. The van der Waals surface area contributed by atoms with Crippen LogP contribution < -0.4 is 10.6 Å². The van der Waals surface area contributed by atoms with E-state index < -0.39 is 0 Å². The third-order valence-corrected chi connectivity index (χ3v) is 4.62. The first-order valence-electron chi connectivity index (χ1n) is 7.16. The molecule has 0 bridgehead atoms. The molecular weight excluding hydrogens is 294 g/mol. The number of amides is 1. The number of aromatic nitrogens is 1. The minimum Gasteiger partial charge on any atom is -0.319 e. The minimum absolute atomic E-state index is 0. The maximum Gasteiger partial charge on any atom is 0.227 e. The summed E-state index contributed by atoms with van der Waals surface area (Å²) < 4.78 is 0. The number of nitrogens with one attached hydrogen (secondary N) is 2. The van der Waals surface area contributed by atoms with Gasteiger partial charge >= 0.3 is 0 Å². The van der Waals surface area contributed by atoms with Gasteiger partial charge in [-0.2, -0.15) is 0 Å². The summed E-state index contributed by atoms with van der Waals surface area (Å²) in [6.45, 7) is 2.95. The van der Waals surface area contributed by atoms with E-state index in [4.69, 9.17) is 0 Å². The van der Waals surface area contributed by atoms with Crippen LogP contribution in [-0.2, 0) is 17.6 Å². The van der Waals surface area contributed by atoms with Crippen LogP contribution in [0.2, 0.25) is 0 Å². The average molecular weight is 318 g/mol. The zero-order chi connectivity index (χ0) is 13.7. The van der Waals surface area contributed by atoms with Crippen molar-refractivity contribution in [1.82, 2.24) is 10.3 Å². The molecule has 0 saturated heterocycles. The Bertz CT molecular complexity index is 436. The largest absolute Gasteiger partial charge is 0.319 e. The number of nitrogens with zero attached hydrogens (tertiary/aromatic N) is 1. The number of hydrogen-bond donors (Lipinski definition) is 2. The van der Waals surface area contributed by atoms with Crippen molar-refractivity contribution in [3.8, 4) is 0 Å². The zero-order valence-electron chi connectivity index (χ0n) is 12.2. The number of thiazole rings is 1. The van der Waals surface area contributed by atoms with Gasteiger partial charge in [-0.25, -0.2) is 4.98 Å². The van der Waals surface area contributed by atoms with Gasteiger partial charge in [-0.05, 0) is 32.2 Å². The van der Waals surface area contributed by atoms with Gasteiger partial charge in [-0.3, -0.25) is 4.79 Å². The molecular formula is C14H24ClN3OS. The third-order valence-electron chi connectivity index (χ3n) is 3.59. The van der Waals surface area contributed by atoms with Gasteiger partial charge in [-0.15, -0.1) is 23.7 Å². The van der Waals surface area contributed by atoms with E-state index in [0.717, 1.165) is 23.9 Å². The molecule has 4 nitrogen and oxygen atoms in total. The third kappa shape index (κ3) is 4.72. The van der Waals surface area contributed by atoms with Gasteiger partial charge in [0.25, 0.3) is 0 Å². The number of anilines is 1. The van der Waals surface area contributed by atoms with Crippen LogP contribution in [0, 0.1) is 5.92 Å². The molecule has 1 heterocycles. The van der Waals surface area contributed by atoms with E-state index in [0.29, 0.717) is 13.0 Å². The summed E-state index contributed by atoms with van der Waals surface area (Å²) >= 11 is 1.66. The summed E-state index contributed by atoms with van der Waals surface area (Å²) in [7, 11) is 1.85. The molecule has 1 unspecified atom stereocenters. The second-order valence-electron chi connectivity index (χ2n) is 5.19. The van der Waals surface area contributed by atoms with Crippen molar-refractivity contribution in [2.45, 2.75) is 45.4 Å². The van der Waals surface area contributed by atoms with E-state index in [9.17, 15) is 4.79 Å². The first-order chi connectivity index (χ1) is 9.22. The molecule has 1 aromatic heterocycles. The van der Waals surface area contributed by atoms with E-state index in [1.165, 1.54) is 29.8 Å². The Morgan fingerprint density at radius 3 is 3.00 bits per heavy atom. The van der Waals surface area contributed by atoms with Gasteiger partial charge in [0.05, 0.1) is 5.69 Å². The van der Waals surface area contributed by atoms with Crippen molar-refractivity contribution in [2.24, 2.45) is 5.92 Å². The maximum absolute atomic E-state index is 11.7. The topological polar surface area (TPSA) is 54.0 Å². The average Bonchev–Trinajstić information content (AvgIpc) is 2.78. The highest BCUT2D eigenvalue weighted by atomic mass is 35.5. The Labute approximate surface area is 131 Å². The minimum atomic E-state index is 0. The molecule has 2 rings (SSSR count). The Balaban J connectivity index is 0.00000200. The van der Waals surface area contributed by atoms with Crippen LogP contribution in [0.5, 0.6) is 0 Å². The van der Waals surface area contributed by atoms with Crippen molar-refractivity contribution >= 4 is 34.8 Å². The molecule has 114 valence electrons. The number of fused-ring (bicyclic) bond motifs is 1. The lowest BCUT2D eigenvalue weighted by Crippen LogP contribution is -2.18. The van der Waals surface area contributed by atoms with Gasteiger partial charge in [0.15, 0.2) is 5.13 Å². The van der Waals surface area contributed by atoms with Gasteiger partial charge in [-0.1, -0.05) is 19.8 Å². The van der Waals surface area contributed by atoms with Gasteiger partial charge in [0.2, 0.25) is 5.91 Å². The number of hydrogen-bond acceptors (Lipinski definition) is 4. The highest BCUT2D eigenvalue weighted by molar-refractivity contribution is 7.15. The van der Waals surface area contributed by atoms with Crippen LogP contribution in [0.25, 0.3) is 0 Å². The molecule has 1 aliphatic carbocycles. The molecule has 0 spiro atoms. The van der Waals surface area contributed by atoms with Gasteiger partial charge in [0, 0.05) is 17.8 Å². The lowest BCUT2D eigenvalue weighted by molar-refractivity contribution is -0.116. The fourth-order valence-electron chi connectivity index (χ4n) is 2.57. The summed E-state index contributed by atoms with van der Waals surface area (Å²) in [5.41, 5.74) is 1.21. The van der Waals surface area contributed by atoms with E-state index in [1.807, 2.05) is 7.05 Å². The van der Waals surface area contributed by atoms with Crippen LogP contribution in [-0.4, -0.2) is 24.5 Å². The Hall–Kier alpha value is -0.650. The highest BCUT2D eigenvalue weighted by Crippen LogP contribution is 2.33. The molecule has 0 radical (unpaired) electrons. The molecule has 1 atom stereocenters. The van der Waals surface area contributed by atoms with Crippen molar-refractivity contribution in [3.63, 3.8) is 0 Å². The van der Waals surface area contributed by atoms with Crippen molar-refractivity contribution < 1.29 is 4.79 Å². The normalized spacial score (nSPS) is 17.2. The molecule has 1 aromatic rings. The van der Waals surface area contributed by atoms with E-state index in [-0.39, 0.29) is 18.3 Å². The zero-order valence-corrected chi connectivity index (χ0v) is 13.8. The quantitative estimate of drug-likeness (QED) is 0.848. The lowest BCUT2D eigenvalue weighted by Gasteiger charge is -2.19. The first kappa shape index (κ1) is 17.4. The fraction of sp³-hybridized carbons (Fsp3) is 0.714. The Morgan fingerprint density at radius 1 is 1.50 bits per heavy atom. The Kier molecular flexibility index (Phi) is 7.48. The predicted molar refractivity (Wildman–Crippen MR) is 87.0 cm³/mol. The van der Waals surface area contributed by atoms with Gasteiger partial charge in [0.1, 0.15) is 0 Å². The molecule has 0 aliphatic heterocycles. The number of rotatable bonds is 6. The molecule has 2 N–H and O–H groups in total. The van der Waals surface area contributed by atoms with E-state index in [2.05, 4.69) is 22.5 Å². The second-order valence-corrected chi connectivity index (χ2v) is 6.27. The maximum atomic E-state index is 11.7. The summed E-state index contributed by atoms with van der Waals surface area (Å²) in [5, 5.41) is 6.67. The van der Waals surface area contributed by atoms with E-state index >= 15 is 0 Å². The standard InChI is InChI=1S/C14H23N3OS.ClH/c1-3-4-10-5-6-11-12(9-10)19-14(16-11)17-13(18)7-8-15-2;/h10,15H,3-9H2,1-2H3,(H,16,17,18);1H. The van der Waals surface area contributed by atoms with Crippen LogP contribution in [0.3, 0.4) is 0 Å². The van der Waals surface area contributed by atoms with Gasteiger partial charge < -0.3 is 10.6 Å². The van der Waals surface area contributed by atoms with Crippen molar-refractivity contribution in [3.05, 3.63) is 10.6 Å². The molecule has 20 heavy (non-hydrogen) atoms. The number of aryl methyl sites for hydroxylation is 1. The molecule has 1 amide bonds. The lowest BCUT2D eigenvalue weighted by atomic mass is 9.88. The monoisotopic (exact) mass is 317 g/mol. The summed E-state index contributed by atoms with van der Waals surface area (Å²) in [6, 6.07) is 0. The summed E-state index contributed by atoms with van der Waals surface area (Å²) in [5.74, 6) is 0.858. The van der Waals surface area contributed by atoms with Crippen LogP contribution in [0.15, 0.2) is 0 Å². The molecule has 6 heteroatoms. The first-order valence-corrected chi connectivity index (χ1v) is 7.97. The van der Waals surface area contributed by atoms with Crippen molar-refractivity contribution in [1.29, 1.82) is 0 Å². The number of halogens is 1. The van der Waals surface area contributed by atoms with Crippen LogP contribution in [0.4, 0.5) is 5.13 Å². The SMILES string of the molecule is CCCC1CCc2nc(NC(=O)CCNC)sc2C1.Cl. The molecule has 0 saturated carbocycles.